The number of carboxylic acids is 1. The lowest BCUT2D eigenvalue weighted by molar-refractivity contribution is -0.137. The van der Waals surface area contributed by atoms with Crippen LogP contribution in [-0.2, 0) is 16.1 Å². The van der Waals surface area contributed by atoms with E-state index in [1.807, 2.05) is 18.2 Å². The number of hydrogen-bond donors (Lipinski definition) is 1. The molecule has 0 saturated carbocycles. The van der Waals surface area contributed by atoms with Crippen molar-refractivity contribution in [3.8, 4) is 5.69 Å². The molecule has 1 atom stereocenters. The van der Waals surface area contributed by atoms with Gasteiger partial charge in [-0.05, 0) is 67.7 Å². The molecule has 0 spiro atoms. The van der Waals surface area contributed by atoms with Crippen LogP contribution in [-0.4, -0.2) is 32.4 Å². The molecule has 3 aromatic rings. The minimum Gasteiger partial charge on any atom is -0.481 e. The summed E-state index contributed by atoms with van der Waals surface area (Å²) in [5.41, 5.74) is 3.67. The molecule has 0 amide bonds. The third kappa shape index (κ3) is 4.98. The van der Waals surface area contributed by atoms with Crippen molar-refractivity contribution in [1.82, 2.24) is 9.55 Å². The molecule has 0 saturated heterocycles. The van der Waals surface area contributed by atoms with Crippen molar-refractivity contribution < 1.29 is 19.1 Å². The average molecular weight is 488 g/mol. The van der Waals surface area contributed by atoms with Crippen molar-refractivity contribution in [2.24, 2.45) is 5.16 Å². The Morgan fingerprint density at radius 2 is 2.00 bits per heavy atom. The Bertz CT molecular complexity index is 1450. The van der Waals surface area contributed by atoms with Crippen molar-refractivity contribution in [2.75, 3.05) is 0 Å². The zero-order chi connectivity index (χ0) is 25.1. The normalized spacial score (nSPS) is 17.1. The minimum atomic E-state index is -0.861. The number of carboxylic acid groups (broad SMARTS) is 1. The summed E-state index contributed by atoms with van der Waals surface area (Å²) in [6, 6.07) is 11.1. The van der Waals surface area contributed by atoms with Gasteiger partial charge in [-0.1, -0.05) is 29.5 Å². The number of aliphatic carboxylic acids is 1. The number of aryl methyl sites for hydroxylation is 1. The van der Waals surface area contributed by atoms with E-state index in [0.29, 0.717) is 48.1 Å². The number of halogens is 1. The third-order valence-corrected chi connectivity index (χ3v) is 6.53. The van der Waals surface area contributed by atoms with E-state index in [0.717, 1.165) is 24.1 Å². The molecule has 7 nitrogen and oxygen atoms in total. The van der Waals surface area contributed by atoms with Crippen LogP contribution in [0, 0.1) is 5.82 Å². The van der Waals surface area contributed by atoms with E-state index >= 15 is 0 Å². The lowest BCUT2D eigenvalue weighted by atomic mass is 9.94. The molecule has 0 unspecified atom stereocenters. The Kier molecular flexibility index (Phi) is 6.75. The summed E-state index contributed by atoms with van der Waals surface area (Å²) in [5.74, 6) is -0.755. The van der Waals surface area contributed by atoms with Crippen molar-refractivity contribution in [3.63, 3.8) is 0 Å². The van der Waals surface area contributed by atoms with Gasteiger partial charge in [0.2, 0.25) is 0 Å². The van der Waals surface area contributed by atoms with Gasteiger partial charge in [-0.3, -0.25) is 14.2 Å². The van der Waals surface area contributed by atoms with Crippen molar-refractivity contribution in [2.45, 2.75) is 51.0 Å². The summed E-state index contributed by atoms with van der Waals surface area (Å²) in [5, 5.41) is 13.7. The largest absolute Gasteiger partial charge is 0.481 e. The van der Waals surface area contributed by atoms with E-state index in [4.69, 9.17) is 14.9 Å². The number of unbranched alkanes of at least 4 members (excludes halogenated alkanes) is 1. The molecule has 1 aromatic heterocycles. The van der Waals surface area contributed by atoms with Crippen LogP contribution < -0.4 is 5.56 Å². The zero-order valence-corrected chi connectivity index (χ0v) is 19.7. The molecule has 0 fully saturated rings. The van der Waals surface area contributed by atoms with Gasteiger partial charge in [0, 0.05) is 24.8 Å². The lowest BCUT2D eigenvalue weighted by Crippen LogP contribution is -2.24. The number of oxime groups is 1. The summed E-state index contributed by atoms with van der Waals surface area (Å²) in [6.45, 7) is 0. The topological polar surface area (TPSA) is 93.8 Å². The van der Waals surface area contributed by atoms with E-state index in [9.17, 15) is 14.0 Å². The lowest BCUT2D eigenvalue weighted by Gasteiger charge is -2.15. The van der Waals surface area contributed by atoms with Gasteiger partial charge >= 0.3 is 5.97 Å². The highest BCUT2D eigenvalue weighted by atomic mass is 19.1. The molecule has 5 rings (SSSR count). The fraction of sp³-hybridized carbons (Fsp3) is 0.286. The van der Waals surface area contributed by atoms with Gasteiger partial charge in [-0.25, -0.2) is 9.37 Å². The van der Waals surface area contributed by atoms with E-state index in [1.165, 1.54) is 22.3 Å². The van der Waals surface area contributed by atoms with E-state index < -0.39 is 11.8 Å². The molecule has 36 heavy (non-hydrogen) atoms. The quantitative estimate of drug-likeness (QED) is 0.447. The molecule has 2 aliphatic rings. The molecule has 2 heterocycles. The highest BCUT2D eigenvalue weighted by molar-refractivity contribution is 6.03. The number of hydrogen-bond acceptors (Lipinski definition) is 5. The predicted molar refractivity (Wildman–Crippen MR) is 135 cm³/mol. The maximum absolute atomic E-state index is 13.5. The predicted octanol–water partition coefficient (Wildman–Crippen LogP) is 5.09. The first-order valence-electron chi connectivity index (χ1n) is 12.1. The molecule has 0 bridgehead atoms. The second-order valence-electron chi connectivity index (χ2n) is 9.02. The smallest absolute Gasteiger partial charge is 0.303 e. The maximum atomic E-state index is 13.5. The molecule has 1 N–H and O–H groups in total. The first-order valence-corrected chi connectivity index (χ1v) is 12.1. The van der Waals surface area contributed by atoms with Crippen LogP contribution in [0.1, 0.15) is 49.9 Å². The van der Waals surface area contributed by atoms with Crippen LogP contribution in [0.2, 0.25) is 0 Å². The van der Waals surface area contributed by atoms with Crippen molar-refractivity contribution in [1.29, 1.82) is 0 Å². The van der Waals surface area contributed by atoms with E-state index in [2.05, 4.69) is 17.3 Å². The first-order chi connectivity index (χ1) is 17.5. The maximum Gasteiger partial charge on any atom is 0.303 e. The molecule has 2 aromatic carbocycles. The Hall–Kier alpha value is -4.07. The summed E-state index contributed by atoms with van der Waals surface area (Å²) in [6.07, 6.45) is 10.3. The Balaban J connectivity index is 1.49. The molecule has 0 radical (unpaired) electrons. The Morgan fingerprint density at radius 3 is 2.75 bits per heavy atom. The van der Waals surface area contributed by atoms with Crippen LogP contribution in [0.5, 0.6) is 0 Å². The van der Waals surface area contributed by atoms with Gasteiger partial charge in [0.1, 0.15) is 11.6 Å². The van der Waals surface area contributed by atoms with Gasteiger partial charge in [0.15, 0.2) is 6.10 Å². The molecule has 1 aliphatic carbocycles. The molecular weight excluding hydrogens is 461 g/mol. The highest BCUT2D eigenvalue weighted by Gasteiger charge is 2.26. The summed E-state index contributed by atoms with van der Waals surface area (Å²) < 4.78 is 15.0. The van der Waals surface area contributed by atoms with Gasteiger partial charge < -0.3 is 9.94 Å². The van der Waals surface area contributed by atoms with Crippen molar-refractivity contribution >= 4 is 22.6 Å². The average Bonchev–Trinajstić information content (AvgIpc) is 3.38. The number of allylic oxidation sites excluding steroid dienone is 3. The first kappa shape index (κ1) is 23.7. The van der Waals surface area contributed by atoms with Crippen LogP contribution >= 0.6 is 0 Å². The van der Waals surface area contributed by atoms with Crippen molar-refractivity contribution in [3.05, 3.63) is 93.8 Å². The van der Waals surface area contributed by atoms with Gasteiger partial charge in [0.25, 0.3) is 5.56 Å². The number of nitrogens with zero attached hydrogens (tertiary/aromatic N) is 3. The molecule has 184 valence electrons. The molecular formula is C28H26FN3O4. The number of benzene rings is 2. The zero-order valence-electron chi connectivity index (χ0n) is 19.7. The highest BCUT2D eigenvalue weighted by Crippen LogP contribution is 2.27. The Morgan fingerprint density at radius 1 is 1.17 bits per heavy atom. The van der Waals surface area contributed by atoms with Crippen LogP contribution in [0.25, 0.3) is 16.6 Å². The molecule has 8 heteroatoms. The van der Waals surface area contributed by atoms with E-state index in [1.54, 1.807) is 18.2 Å². The second-order valence-corrected chi connectivity index (χ2v) is 9.02. The number of carbonyl (C=O) groups is 1. The minimum absolute atomic E-state index is 0.0473. The summed E-state index contributed by atoms with van der Waals surface area (Å²) >= 11 is 0. The summed E-state index contributed by atoms with van der Waals surface area (Å²) in [7, 11) is 0. The van der Waals surface area contributed by atoms with Crippen LogP contribution in [0.15, 0.2) is 76.2 Å². The SMILES string of the molecule is O=C(O)CCCCc1nc2cc(C3=NO[C@H](C4=CC=CCC4)C3)ccc2c(=O)n1-c1ccc(F)cc1. The standard InChI is InChI=1S/C28H26FN3O4/c29-20-11-13-21(14-12-20)32-26(8-4-5-9-27(33)34)30-24-16-19(10-15-22(24)28(32)35)23-17-25(36-31-23)18-6-2-1-3-7-18/h1-2,6,10-16,25H,3-5,7-9,17H2,(H,33,34)/t25-/m0/s1. The van der Waals surface area contributed by atoms with E-state index in [-0.39, 0.29) is 18.1 Å². The fourth-order valence-corrected chi connectivity index (χ4v) is 4.63. The van der Waals surface area contributed by atoms with Crippen LogP contribution in [0.4, 0.5) is 4.39 Å². The fourth-order valence-electron chi connectivity index (χ4n) is 4.63. The van der Waals surface area contributed by atoms with Gasteiger partial charge in [-0.2, -0.15) is 0 Å². The second kappa shape index (κ2) is 10.3. The van der Waals surface area contributed by atoms with Gasteiger partial charge in [-0.15, -0.1) is 0 Å². The summed E-state index contributed by atoms with van der Waals surface area (Å²) in [4.78, 5) is 35.0. The molecule has 1 aliphatic heterocycles. The Labute approximate surface area is 207 Å². The number of fused-ring (bicyclic) bond motifs is 1. The monoisotopic (exact) mass is 487 g/mol. The van der Waals surface area contributed by atoms with Gasteiger partial charge in [0.05, 0.1) is 22.3 Å². The number of rotatable bonds is 8. The van der Waals surface area contributed by atoms with Crippen LogP contribution in [0.3, 0.4) is 0 Å². The number of aromatic nitrogens is 2. The third-order valence-electron chi connectivity index (χ3n) is 6.53.